The smallest absolute Gasteiger partial charge is 0.254 e. The van der Waals surface area contributed by atoms with Crippen LogP contribution in [0, 0.1) is 0 Å². The molecule has 0 atom stereocenters. The molecule has 7 rings (SSSR count). The summed E-state index contributed by atoms with van der Waals surface area (Å²) < 4.78 is 13.3. The number of imidazole rings is 1. The molecule has 1 amide bonds. The number of amides is 1. The minimum atomic E-state index is -0.111. The first-order valence-corrected chi connectivity index (χ1v) is 13.2. The van der Waals surface area contributed by atoms with Crippen LogP contribution in [0.15, 0.2) is 53.4 Å². The first-order valence-electron chi connectivity index (χ1n) is 13.2. The maximum atomic E-state index is 13.1. The molecule has 0 saturated carbocycles. The summed E-state index contributed by atoms with van der Waals surface area (Å²) in [7, 11) is 4.11. The number of nitrogens with one attached hydrogen (secondary N) is 2. The summed E-state index contributed by atoms with van der Waals surface area (Å²) >= 11 is 0. The van der Waals surface area contributed by atoms with Gasteiger partial charge in [0.05, 0.1) is 41.3 Å². The van der Waals surface area contributed by atoms with Gasteiger partial charge in [-0.3, -0.25) is 9.20 Å². The van der Waals surface area contributed by atoms with Gasteiger partial charge < -0.3 is 24.7 Å². The molecule has 4 aromatic heterocycles. The van der Waals surface area contributed by atoms with Crippen LogP contribution in [-0.2, 0) is 17.8 Å². The summed E-state index contributed by atoms with van der Waals surface area (Å²) in [6.07, 6.45) is 7.16. The zero-order chi connectivity index (χ0) is 26.5. The van der Waals surface area contributed by atoms with Crippen molar-refractivity contribution < 1.29 is 13.9 Å². The lowest BCUT2D eigenvalue weighted by Crippen LogP contribution is -2.19. The molecule has 0 aliphatic carbocycles. The largest absolute Gasteiger partial charge is 0.446 e. The number of rotatable bonds is 6. The van der Waals surface area contributed by atoms with Crippen LogP contribution in [0.5, 0.6) is 0 Å². The second-order valence-electron chi connectivity index (χ2n) is 10.4. The van der Waals surface area contributed by atoms with Crippen LogP contribution in [0.3, 0.4) is 0 Å². The summed E-state index contributed by atoms with van der Waals surface area (Å²) in [6, 6.07) is 9.99. The van der Waals surface area contributed by atoms with Crippen molar-refractivity contribution in [2.75, 3.05) is 32.6 Å². The lowest BCUT2D eigenvalue weighted by atomic mass is 9.90. The second kappa shape index (κ2) is 9.48. The Morgan fingerprint density at radius 1 is 1.10 bits per heavy atom. The highest BCUT2D eigenvalue weighted by Gasteiger charge is 2.28. The molecular formula is C29H29N7O3. The Hall–Kier alpha value is -4.28. The SMILES string of the molecule is CN(C)Cc1nc(Nc2ccc(-c3cnc4cnc5ccoc5n34)c3c2C(=O)NC3)ccc1C1CCOCC1. The van der Waals surface area contributed by atoms with Gasteiger partial charge in [-0.2, -0.15) is 0 Å². The zero-order valence-corrected chi connectivity index (χ0v) is 21.9. The molecule has 0 unspecified atom stereocenters. The second-order valence-corrected chi connectivity index (χ2v) is 10.4. The number of carbonyl (C=O) groups is 1. The van der Waals surface area contributed by atoms with Crippen molar-refractivity contribution in [1.82, 2.24) is 29.6 Å². The van der Waals surface area contributed by atoms with E-state index >= 15 is 0 Å². The Labute approximate surface area is 225 Å². The number of carbonyl (C=O) groups excluding carboxylic acids is 1. The van der Waals surface area contributed by atoms with Crippen LogP contribution in [0.2, 0.25) is 0 Å². The molecule has 0 radical (unpaired) electrons. The monoisotopic (exact) mass is 523 g/mol. The van der Waals surface area contributed by atoms with E-state index in [0.717, 1.165) is 72.1 Å². The van der Waals surface area contributed by atoms with Crippen molar-refractivity contribution in [3.63, 3.8) is 0 Å². The molecule has 1 saturated heterocycles. The fourth-order valence-electron chi connectivity index (χ4n) is 5.77. The normalized spacial score (nSPS) is 15.8. The third-order valence-electron chi connectivity index (χ3n) is 7.58. The molecular weight excluding hydrogens is 494 g/mol. The lowest BCUT2D eigenvalue weighted by molar-refractivity contribution is 0.0849. The highest BCUT2D eigenvalue weighted by Crippen LogP contribution is 2.37. The van der Waals surface area contributed by atoms with Gasteiger partial charge in [0.25, 0.3) is 5.91 Å². The first-order chi connectivity index (χ1) is 19.1. The van der Waals surface area contributed by atoms with E-state index in [1.165, 1.54) is 5.56 Å². The van der Waals surface area contributed by atoms with E-state index in [0.29, 0.717) is 29.4 Å². The van der Waals surface area contributed by atoms with E-state index in [1.54, 1.807) is 18.7 Å². The molecule has 2 aliphatic heterocycles. The van der Waals surface area contributed by atoms with Gasteiger partial charge >= 0.3 is 0 Å². The van der Waals surface area contributed by atoms with Gasteiger partial charge in [-0.1, -0.05) is 12.1 Å². The van der Waals surface area contributed by atoms with Gasteiger partial charge in [0.1, 0.15) is 11.3 Å². The van der Waals surface area contributed by atoms with Gasteiger partial charge in [0.2, 0.25) is 5.71 Å². The first kappa shape index (κ1) is 23.8. The van der Waals surface area contributed by atoms with Crippen LogP contribution < -0.4 is 10.6 Å². The molecule has 5 aromatic rings. The third kappa shape index (κ3) is 4.12. The maximum absolute atomic E-state index is 13.1. The van der Waals surface area contributed by atoms with Crippen molar-refractivity contribution in [1.29, 1.82) is 0 Å². The zero-order valence-electron chi connectivity index (χ0n) is 21.9. The van der Waals surface area contributed by atoms with E-state index in [1.807, 2.05) is 28.7 Å². The summed E-state index contributed by atoms with van der Waals surface area (Å²) in [5.74, 6) is 1.06. The average molecular weight is 524 g/mol. The number of pyridine rings is 1. The molecule has 1 fully saturated rings. The fourth-order valence-corrected chi connectivity index (χ4v) is 5.77. The van der Waals surface area contributed by atoms with Gasteiger partial charge in [0, 0.05) is 37.9 Å². The lowest BCUT2D eigenvalue weighted by Gasteiger charge is -2.25. The van der Waals surface area contributed by atoms with Crippen molar-refractivity contribution in [3.8, 4) is 11.3 Å². The minimum absolute atomic E-state index is 0.111. The average Bonchev–Trinajstić information content (AvgIpc) is 3.68. The number of anilines is 2. The van der Waals surface area contributed by atoms with E-state index in [9.17, 15) is 4.79 Å². The van der Waals surface area contributed by atoms with Gasteiger partial charge in [-0.25, -0.2) is 15.0 Å². The minimum Gasteiger partial charge on any atom is -0.446 e. The Kier molecular flexibility index (Phi) is 5.79. The van der Waals surface area contributed by atoms with Crippen LogP contribution in [-0.4, -0.2) is 57.5 Å². The van der Waals surface area contributed by atoms with Gasteiger partial charge in [-0.05, 0) is 56.1 Å². The molecule has 2 N–H and O–H groups in total. The number of hydrogen-bond donors (Lipinski definition) is 2. The number of hydrogen-bond acceptors (Lipinski definition) is 8. The van der Waals surface area contributed by atoms with Crippen LogP contribution in [0.25, 0.3) is 28.1 Å². The third-order valence-corrected chi connectivity index (χ3v) is 7.58. The Morgan fingerprint density at radius 3 is 2.82 bits per heavy atom. The molecule has 10 nitrogen and oxygen atoms in total. The molecule has 2 aliphatic rings. The van der Waals surface area contributed by atoms with Crippen LogP contribution in [0.1, 0.15) is 45.9 Å². The predicted octanol–water partition coefficient (Wildman–Crippen LogP) is 4.48. The van der Waals surface area contributed by atoms with E-state index in [-0.39, 0.29) is 5.91 Å². The van der Waals surface area contributed by atoms with Gasteiger partial charge in [-0.15, -0.1) is 0 Å². The summed E-state index contributed by atoms with van der Waals surface area (Å²) in [5.41, 5.74) is 8.41. The highest BCUT2D eigenvalue weighted by molar-refractivity contribution is 6.06. The van der Waals surface area contributed by atoms with Gasteiger partial charge in [0.15, 0.2) is 5.65 Å². The summed E-state index contributed by atoms with van der Waals surface area (Å²) in [6.45, 7) is 2.74. The molecule has 6 heterocycles. The van der Waals surface area contributed by atoms with Crippen molar-refractivity contribution >= 4 is 34.3 Å². The van der Waals surface area contributed by atoms with Crippen molar-refractivity contribution in [2.45, 2.75) is 31.8 Å². The number of aromatic nitrogens is 4. The van der Waals surface area contributed by atoms with E-state index in [2.05, 4.69) is 45.7 Å². The number of furan rings is 1. The van der Waals surface area contributed by atoms with Crippen LogP contribution in [0.4, 0.5) is 11.5 Å². The van der Waals surface area contributed by atoms with E-state index < -0.39 is 0 Å². The van der Waals surface area contributed by atoms with Crippen LogP contribution >= 0.6 is 0 Å². The Bertz CT molecular complexity index is 1720. The predicted molar refractivity (Wildman–Crippen MR) is 147 cm³/mol. The molecule has 0 bridgehead atoms. The molecule has 39 heavy (non-hydrogen) atoms. The number of nitrogens with zero attached hydrogens (tertiary/aromatic N) is 5. The standard InChI is InChI=1S/C29H29N7O3/c1-35(2)16-23-18(17-7-10-38-11-8-17)4-6-25(34-23)33-21-5-3-19(20-13-32-28(37)27(20)21)24-14-31-26-15-30-22-9-12-39-29(22)36(24)26/h3-6,9,12,14-15,17H,7-8,10-11,13,16H2,1-2H3,(H,32,37)(H,33,34). The number of fused-ring (bicyclic) bond motifs is 4. The Morgan fingerprint density at radius 2 is 1.97 bits per heavy atom. The molecule has 10 heteroatoms. The molecule has 1 aromatic carbocycles. The molecule has 198 valence electrons. The molecule has 0 spiro atoms. The van der Waals surface area contributed by atoms with Crippen molar-refractivity contribution in [2.24, 2.45) is 0 Å². The topological polar surface area (TPSA) is 110 Å². The summed E-state index contributed by atoms with van der Waals surface area (Å²) in [4.78, 5) is 29.2. The number of benzene rings is 1. The number of ether oxygens (including phenoxy) is 1. The highest BCUT2D eigenvalue weighted by atomic mass is 16.5. The summed E-state index contributed by atoms with van der Waals surface area (Å²) in [5, 5.41) is 6.45. The fraction of sp³-hybridized carbons (Fsp3) is 0.310. The Balaban J connectivity index is 1.28. The maximum Gasteiger partial charge on any atom is 0.254 e. The quantitative estimate of drug-likeness (QED) is 0.335. The van der Waals surface area contributed by atoms with Crippen molar-refractivity contribution in [3.05, 3.63) is 71.4 Å². The van der Waals surface area contributed by atoms with E-state index in [4.69, 9.17) is 14.1 Å².